The molecular weight excluding hydrogens is 467 g/mol. The molecule has 0 fully saturated rings. The zero-order chi connectivity index (χ0) is 23.4. The molecule has 0 aliphatic rings. The van der Waals surface area contributed by atoms with Crippen molar-refractivity contribution < 1.29 is 23.5 Å². The molecule has 2 aromatic heterocycles. The Hall–Kier alpha value is -3.55. The molecule has 1 atom stereocenters. The van der Waals surface area contributed by atoms with Crippen LogP contribution < -0.4 is 10.1 Å². The number of fused-ring (bicyclic) bond motifs is 1. The average Bonchev–Trinajstić information content (AvgIpc) is 3.19. The molecule has 7 nitrogen and oxygen atoms in total. The Labute approximate surface area is 199 Å². The Morgan fingerprint density at radius 1 is 1.09 bits per heavy atom. The molecule has 4 rings (SSSR count). The number of furan rings is 1. The zero-order valence-electron chi connectivity index (χ0n) is 17.4. The highest BCUT2D eigenvalue weighted by Gasteiger charge is 2.26. The monoisotopic (exact) mass is 484 g/mol. The Morgan fingerprint density at radius 2 is 1.82 bits per heavy atom. The van der Waals surface area contributed by atoms with Crippen LogP contribution in [0.15, 0.2) is 71.3 Å². The highest BCUT2D eigenvalue weighted by atomic mass is 35.5. The van der Waals surface area contributed by atoms with Gasteiger partial charge in [0.25, 0.3) is 5.91 Å². The van der Waals surface area contributed by atoms with E-state index >= 15 is 0 Å². The van der Waals surface area contributed by atoms with Gasteiger partial charge in [-0.05, 0) is 31.2 Å². The topological polar surface area (TPSA) is 90.7 Å². The fraction of sp³-hybridized carbons (Fsp3) is 0.125. The first kappa shape index (κ1) is 22.6. The molecule has 33 heavy (non-hydrogen) atoms. The third kappa shape index (κ3) is 5.27. The SMILES string of the molecule is CC(OC(=O)c1oc2ccccc2c1COc1ccccc1)C(=O)Nc1ncc(Cl)cc1Cl. The Kier molecular flexibility index (Phi) is 6.82. The number of hydrogen-bond donors (Lipinski definition) is 1. The van der Waals surface area contributed by atoms with Crippen LogP contribution >= 0.6 is 23.2 Å². The maximum Gasteiger partial charge on any atom is 0.375 e. The summed E-state index contributed by atoms with van der Waals surface area (Å²) < 4.78 is 16.9. The van der Waals surface area contributed by atoms with Crippen LogP contribution in [0.5, 0.6) is 5.75 Å². The highest BCUT2D eigenvalue weighted by molar-refractivity contribution is 6.36. The standard InChI is InChI=1S/C24H18Cl2N2O5/c1-14(23(29)28-22-19(26)11-15(25)12-27-22)32-24(30)21-18(13-31-16-7-3-2-4-8-16)17-9-5-6-10-20(17)33-21/h2-12,14H,13H2,1H3,(H,27,28,29). The van der Waals surface area contributed by atoms with Gasteiger partial charge >= 0.3 is 5.97 Å². The van der Waals surface area contributed by atoms with Gasteiger partial charge in [0, 0.05) is 11.6 Å². The van der Waals surface area contributed by atoms with E-state index in [1.54, 1.807) is 12.1 Å². The first-order valence-electron chi connectivity index (χ1n) is 9.93. The van der Waals surface area contributed by atoms with Crippen molar-refractivity contribution in [2.45, 2.75) is 19.6 Å². The third-order valence-corrected chi connectivity index (χ3v) is 5.21. The number of nitrogens with one attached hydrogen (secondary N) is 1. The number of carbonyl (C=O) groups is 2. The van der Waals surface area contributed by atoms with E-state index in [0.717, 1.165) is 5.39 Å². The summed E-state index contributed by atoms with van der Waals surface area (Å²) in [6.07, 6.45) is 0.190. The van der Waals surface area contributed by atoms with Gasteiger partial charge in [0.05, 0.1) is 15.6 Å². The number of anilines is 1. The molecule has 0 saturated heterocycles. The molecule has 1 N–H and O–H groups in total. The number of amides is 1. The fourth-order valence-electron chi connectivity index (χ4n) is 3.07. The predicted molar refractivity (Wildman–Crippen MR) is 125 cm³/mol. The molecule has 2 heterocycles. The molecule has 0 bridgehead atoms. The summed E-state index contributed by atoms with van der Waals surface area (Å²) in [5.41, 5.74) is 1.03. The molecule has 0 aliphatic heterocycles. The minimum absolute atomic E-state index is 0.0329. The largest absolute Gasteiger partial charge is 0.489 e. The van der Waals surface area contributed by atoms with E-state index in [1.165, 1.54) is 19.2 Å². The lowest BCUT2D eigenvalue weighted by Gasteiger charge is -2.13. The molecule has 0 saturated carbocycles. The summed E-state index contributed by atoms with van der Waals surface area (Å²) >= 11 is 11.8. The summed E-state index contributed by atoms with van der Waals surface area (Å²) in [4.78, 5) is 29.4. The number of esters is 1. The smallest absolute Gasteiger partial charge is 0.375 e. The second-order valence-electron chi connectivity index (χ2n) is 7.03. The normalized spacial score (nSPS) is 11.7. The minimum atomic E-state index is -1.15. The number of carbonyl (C=O) groups excluding carboxylic acids is 2. The second-order valence-corrected chi connectivity index (χ2v) is 7.87. The van der Waals surface area contributed by atoms with E-state index in [9.17, 15) is 9.59 Å². The number of para-hydroxylation sites is 2. The lowest BCUT2D eigenvalue weighted by molar-refractivity contribution is -0.123. The van der Waals surface area contributed by atoms with Crippen molar-refractivity contribution in [3.05, 3.63) is 88.2 Å². The first-order valence-corrected chi connectivity index (χ1v) is 10.7. The summed E-state index contributed by atoms with van der Waals surface area (Å²) in [7, 11) is 0. The molecule has 0 aliphatic carbocycles. The summed E-state index contributed by atoms with van der Waals surface area (Å²) in [6.45, 7) is 1.51. The van der Waals surface area contributed by atoms with Crippen molar-refractivity contribution in [1.82, 2.24) is 4.98 Å². The number of ether oxygens (including phenoxy) is 2. The van der Waals surface area contributed by atoms with Gasteiger partial charge in [-0.1, -0.05) is 59.6 Å². The van der Waals surface area contributed by atoms with Crippen LogP contribution in [0, 0.1) is 0 Å². The van der Waals surface area contributed by atoms with Crippen molar-refractivity contribution in [3.8, 4) is 5.75 Å². The number of aromatic nitrogens is 1. The van der Waals surface area contributed by atoms with Crippen molar-refractivity contribution in [2.24, 2.45) is 0 Å². The van der Waals surface area contributed by atoms with Crippen LogP contribution in [0.4, 0.5) is 5.82 Å². The number of nitrogens with zero attached hydrogens (tertiary/aromatic N) is 1. The maximum atomic E-state index is 12.9. The first-order chi connectivity index (χ1) is 15.9. The molecule has 9 heteroatoms. The lowest BCUT2D eigenvalue weighted by Crippen LogP contribution is -2.30. The molecule has 4 aromatic rings. The van der Waals surface area contributed by atoms with Crippen molar-refractivity contribution in [2.75, 3.05) is 5.32 Å². The van der Waals surface area contributed by atoms with Crippen molar-refractivity contribution in [1.29, 1.82) is 0 Å². The molecule has 1 amide bonds. The van der Waals surface area contributed by atoms with Crippen LogP contribution in [0.25, 0.3) is 11.0 Å². The Bertz CT molecular complexity index is 1310. The maximum absolute atomic E-state index is 12.9. The number of halogens is 2. The number of pyridine rings is 1. The molecule has 0 spiro atoms. The zero-order valence-corrected chi connectivity index (χ0v) is 18.9. The minimum Gasteiger partial charge on any atom is -0.489 e. The van der Waals surface area contributed by atoms with Crippen LogP contribution in [0.1, 0.15) is 23.0 Å². The van der Waals surface area contributed by atoms with Crippen molar-refractivity contribution >= 4 is 51.9 Å². The second kappa shape index (κ2) is 9.94. The van der Waals surface area contributed by atoms with E-state index in [-0.39, 0.29) is 23.2 Å². The molecule has 2 aromatic carbocycles. The summed E-state index contributed by atoms with van der Waals surface area (Å²) in [5, 5.41) is 3.71. The van der Waals surface area contributed by atoms with Crippen molar-refractivity contribution in [3.63, 3.8) is 0 Å². The highest BCUT2D eigenvalue weighted by Crippen LogP contribution is 2.28. The number of rotatable bonds is 7. The van der Waals surface area contributed by atoms with Gasteiger partial charge in [-0.15, -0.1) is 0 Å². The van der Waals surface area contributed by atoms with Crippen LogP contribution in [0.2, 0.25) is 10.0 Å². The van der Waals surface area contributed by atoms with Crippen LogP contribution in [0.3, 0.4) is 0 Å². The third-order valence-electron chi connectivity index (χ3n) is 4.71. The quantitative estimate of drug-likeness (QED) is 0.328. The summed E-state index contributed by atoms with van der Waals surface area (Å²) in [6, 6.07) is 17.8. The molecule has 1 unspecified atom stereocenters. The Balaban J connectivity index is 1.51. The Morgan fingerprint density at radius 3 is 2.58 bits per heavy atom. The number of hydrogen-bond acceptors (Lipinski definition) is 6. The molecular formula is C24H18Cl2N2O5. The van der Waals surface area contributed by atoms with Gasteiger partial charge in [-0.2, -0.15) is 0 Å². The van der Waals surface area contributed by atoms with Gasteiger partial charge in [0.15, 0.2) is 11.9 Å². The summed E-state index contributed by atoms with van der Waals surface area (Å²) in [5.74, 6) is -0.694. The van der Waals surface area contributed by atoms with Gasteiger partial charge in [0.1, 0.15) is 17.9 Å². The van der Waals surface area contributed by atoms with E-state index in [4.69, 9.17) is 37.1 Å². The van der Waals surface area contributed by atoms with Gasteiger partial charge in [0.2, 0.25) is 5.76 Å². The lowest BCUT2D eigenvalue weighted by atomic mass is 10.1. The predicted octanol–water partition coefficient (Wildman–Crippen LogP) is 5.90. The number of benzene rings is 2. The van der Waals surface area contributed by atoms with Gasteiger partial charge in [-0.3, -0.25) is 4.79 Å². The van der Waals surface area contributed by atoms with E-state index in [0.29, 0.717) is 21.9 Å². The van der Waals surface area contributed by atoms with E-state index < -0.39 is 18.0 Å². The van der Waals surface area contributed by atoms with Crippen LogP contribution in [-0.4, -0.2) is 23.0 Å². The van der Waals surface area contributed by atoms with Gasteiger partial charge in [-0.25, -0.2) is 9.78 Å². The van der Waals surface area contributed by atoms with Gasteiger partial charge < -0.3 is 19.2 Å². The fourth-order valence-corrected chi connectivity index (χ4v) is 3.50. The molecule has 168 valence electrons. The van der Waals surface area contributed by atoms with E-state index in [2.05, 4.69) is 10.3 Å². The van der Waals surface area contributed by atoms with E-state index in [1.807, 2.05) is 42.5 Å². The molecule has 0 radical (unpaired) electrons. The van der Waals surface area contributed by atoms with Crippen LogP contribution in [-0.2, 0) is 16.1 Å². The average molecular weight is 485 g/mol.